The quantitative estimate of drug-likeness (QED) is 0.318. The van der Waals surface area contributed by atoms with Gasteiger partial charge in [0, 0.05) is 0 Å². The number of thiophene rings is 1. The molecular formula is C21H16N4S3. The van der Waals surface area contributed by atoms with Gasteiger partial charge in [-0.2, -0.15) is 0 Å². The molecule has 138 valence electrons. The van der Waals surface area contributed by atoms with E-state index < -0.39 is 0 Å². The highest BCUT2D eigenvalue weighted by atomic mass is 32.2. The molecule has 0 fully saturated rings. The number of thioether (sulfide) groups is 1. The summed E-state index contributed by atoms with van der Waals surface area (Å²) in [5.74, 6) is 1.71. The molecule has 0 bridgehead atoms. The summed E-state index contributed by atoms with van der Waals surface area (Å²) in [7, 11) is 0. The van der Waals surface area contributed by atoms with Crippen LogP contribution in [-0.2, 0) is 12.3 Å². The number of aromatic nitrogens is 4. The molecule has 28 heavy (non-hydrogen) atoms. The van der Waals surface area contributed by atoms with E-state index in [4.69, 9.17) is 4.98 Å². The maximum absolute atomic E-state index is 4.74. The van der Waals surface area contributed by atoms with Gasteiger partial charge in [-0.3, -0.25) is 4.57 Å². The Morgan fingerprint density at radius 1 is 0.893 bits per heavy atom. The monoisotopic (exact) mass is 420 g/mol. The van der Waals surface area contributed by atoms with Gasteiger partial charge >= 0.3 is 0 Å². The van der Waals surface area contributed by atoms with E-state index in [2.05, 4.69) is 74.7 Å². The van der Waals surface area contributed by atoms with Crippen LogP contribution in [0, 0.1) is 0 Å². The highest BCUT2D eigenvalue weighted by Gasteiger charge is 2.16. The molecule has 0 spiro atoms. The fourth-order valence-electron chi connectivity index (χ4n) is 3.00. The Labute approximate surface area is 174 Å². The van der Waals surface area contributed by atoms with E-state index in [1.54, 1.807) is 34.4 Å². The molecule has 5 aromatic rings. The Morgan fingerprint density at radius 3 is 2.57 bits per heavy atom. The summed E-state index contributed by atoms with van der Waals surface area (Å²) in [5.41, 5.74) is 2.30. The minimum Gasteiger partial charge on any atom is -0.297 e. The second-order valence-corrected chi connectivity index (χ2v) is 9.22. The van der Waals surface area contributed by atoms with Crippen molar-refractivity contribution in [2.75, 3.05) is 0 Å². The molecule has 0 saturated heterocycles. The van der Waals surface area contributed by atoms with Crippen molar-refractivity contribution in [2.24, 2.45) is 0 Å². The number of nitrogens with zero attached hydrogens (tertiary/aromatic N) is 4. The van der Waals surface area contributed by atoms with Crippen LogP contribution in [0.1, 0.15) is 10.6 Å². The van der Waals surface area contributed by atoms with Gasteiger partial charge in [0.15, 0.2) is 11.0 Å². The molecular weight excluding hydrogens is 404 g/mol. The number of para-hydroxylation sites is 1. The number of rotatable bonds is 6. The fraction of sp³-hybridized carbons (Fsp3) is 0.0952. The number of benzene rings is 2. The van der Waals surface area contributed by atoms with Crippen LogP contribution in [0.25, 0.3) is 20.9 Å². The first kappa shape index (κ1) is 17.6. The predicted octanol–water partition coefficient (Wildman–Crippen LogP) is 5.96. The average Bonchev–Trinajstić information content (AvgIpc) is 3.46. The minimum absolute atomic E-state index is 0.753. The molecule has 0 unspecified atom stereocenters. The van der Waals surface area contributed by atoms with E-state index in [0.717, 1.165) is 38.7 Å². The molecule has 0 amide bonds. The summed E-state index contributed by atoms with van der Waals surface area (Å²) in [4.78, 5) is 5.87. The Bertz CT molecular complexity index is 1160. The smallest absolute Gasteiger partial charge is 0.192 e. The minimum atomic E-state index is 0.753. The zero-order chi connectivity index (χ0) is 18.8. The molecule has 0 N–H and O–H groups in total. The maximum Gasteiger partial charge on any atom is 0.192 e. The van der Waals surface area contributed by atoms with Crippen LogP contribution in [-0.4, -0.2) is 19.7 Å². The van der Waals surface area contributed by atoms with Gasteiger partial charge in [0.05, 0.1) is 27.4 Å². The number of hydrogen-bond acceptors (Lipinski definition) is 6. The molecule has 3 heterocycles. The van der Waals surface area contributed by atoms with Gasteiger partial charge in [0.1, 0.15) is 5.01 Å². The summed E-state index contributed by atoms with van der Waals surface area (Å²) in [6.45, 7) is 0.753. The van der Waals surface area contributed by atoms with Crippen LogP contribution in [0.3, 0.4) is 0 Å². The second kappa shape index (κ2) is 7.87. The molecule has 4 nitrogen and oxygen atoms in total. The van der Waals surface area contributed by atoms with Gasteiger partial charge in [0.2, 0.25) is 0 Å². The lowest BCUT2D eigenvalue weighted by Crippen LogP contribution is -2.03. The number of thiazole rings is 1. The van der Waals surface area contributed by atoms with Crippen molar-refractivity contribution < 1.29 is 0 Å². The van der Waals surface area contributed by atoms with Gasteiger partial charge in [-0.15, -0.1) is 32.9 Å². The van der Waals surface area contributed by atoms with E-state index in [0.29, 0.717) is 0 Å². The molecule has 5 rings (SSSR count). The first-order valence-electron chi connectivity index (χ1n) is 8.85. The second-order valence-electron chi connectivity index (χ2n) is 6.22. The SMILES string of the molecule is c1ccc(Cn2c(SCc3nc4ccccc4s3)nnc2-c2cccs2)cc1. The highest BCUT2D eigenvalue weighted by molar-refractivity contribution is 7.98. The molecule has 0 aliphatic carbocycles. The van der Waals surface area contributed by atoms with Crippen molar-refractivity contribution in [1.29, 1.82) is 0 Å². The number of hydrogen-bond donors (Lipinski definition) is 0. The third-order valence-corrected chi connectivity index (χ3v) is 7.37. The molecule has 3 aromatic heterocycles. The third kappa shape index (κ3) is 3.61. The zero-order valence-electron chi connectivity index (χ0n) is 14.9. The lowest BCUT2D eigenvalue weighted by Gasteiger charge is -2.09. The molecule has 7 heteroatoms. The summed E-state index contributed by atoms with van der Waals surface area (Å²) >= 11 is 5.13. The summed E-state index contributed by atoms with van der Waals surface area (Å²) in [5, 5.41) is 13.1. The van der Waals surface area contributed by atoms with Crippen LogP contribution in [0.2, 0.25) is 0 Å². The van der Waals surface area contributed by atoms with Crippen LogP contribution in [0.5, 0.6) is 0 Å². The van der Waals surface area contributed by atoms with Crippen molar-refractivity contribution in [3.63, 3.8) is 0 Å². The lowest BCUT2D eigenvalue weighted by molar-refractivity contribution is 0.715. The van der Waals surface area contributed by atoms with E-state index in [1.165, 1.54) is 10.3 Å². The van der Waals surface area contributed by atoms with E-state index in [1.807, 2.05) is 12.1 Å². The molecule has 0 aliphatic heterocycles. The molecule has 0 aliphatic rings. The summed E-state index contributed by atoms with van der Waals surface area (Å²) < 4.78 is 3.43. The molecule has 2 aromatic carbocycles. The normalized spacial score (nSPS) is 11.3. The van der Waals surface area contributed by atoms with Crippen LogP contribution in [0.4, 0.5) is 0 Å². The largest absolute Gasteiger partial charge is 0.297 e. The van der Waals surface area contributed by atoms with Crippen molar-refractivity contribution >= 4 is 44.7 Å². The van der Waals surface area contributed by atoms with Crippen LogP contribution < -0.4 is 0 Å². The van der Waals surface area contributed by atoms with Crippen molar-refractivity contribution in [3.05, 3.63) is 82.7 Å². The Morgan fingerprint density at radius 2 is 1.75 bits per heavy atom. The first-order valence-corrected chi connectivity index (χ1v) is 11.5. The number of fused-ring (bicyclic) bond motifs is 1. The van der Waals surface area contributed by atoms with Crippen LogP contribution >= 0.6 is 34.4 Å². The predicted molar refractivity (Wildman–Crippen MR) is 118 cm³/mol. The van der Waals surface area contributed by atoms with Crippen molar-refractivity contribution in [2.45, 2.75) is 17.5 Å². The Hall–Kier alpha value is -2.48. The molecule has 0 radical (unpaired) electrons. The lowest BCUT2D eigenvalue weighted by atomic mass is 10.2. The van der Waals surface area contributed by atoms with Gasteiger partial charge in [-0.25, -0.2) is 4.98 Å². The van der Waals surface area contributed by atoms with E-state index >= 15 is 0 Å². The first-order chi connectivity index (χ1) is 13.9. The van der Waals surface area contributed by atoms with Gasteiger partial charge in [-0.05, 0) is 29.1 Å². The van der Waals surface area contributed by atoms with Gasteiger partial charge in [0.25, 0.3) is 0 Å². The Kier molecular flexibility index (Phi) is 4.95. The van der Waals surface area contributed by atoms with E-state index in [9.17, 15) is 0 Å². The summed E-state index contributed by atoms with van der Waals surface area (Å²) in [6.07, 6.45) is 0. The topological polar surface area (TPSA) is 43.6 Å². The van der Waals surface area contributed by atoms with E-state index in [-0.39, 0.29) is 0 Å². The third-order valence-electron chi connectivity index (χ3n) is 4.30. The fourth-order valence-corrected chi connectivity index (χ4v) is 5.62. The molecule has 0 atom stereocenters. The maximum atomic E-state index is 4.74. The van der Waals surface area contributed by atoms with Gasteiger partial charge in [-0.1, -0.05) is 60.3 Å². The van der Waals surface area contributed by atoms with Crippen molar-refractivity contribution in [3.8, 4) is 10.7 Å². The highest BCUT2D eigenvalue weighted by Crippen LogP contribution is 2.31. The standard InChI is InChI=1S/C21H16N4S3/c1-2-7-15(8-3-1)13-25-20(18-11-6-12-26-18)23-24-21(25)27-14-19-22-16-9-4-5-10-17(16)28-19/h1-12H,13-14H2. The van der Waals surface area contributed by atoms with Crippen molar-refractivity contribution in [1.82, 2.24) is 19.7 Å². The van der Waals surface area contributed by atoms with Gasteiger partial charge < -0.3 is 0 Å². The van der Waals surface area contributed by atoms with Crippen LogP contribution in [0.15, 0.2) is 77.3 Å². The zero-order valence-corrected chi connectivity index (χ0v) is 17.3. The summed E-state index contributed by atoms with van der Waals surface area (Å²) in [6, 6.07) is 22.9. The Balaban J connectivity index is 1.44. The molecule has 0 saturated carbocycles. The average molecular weight is 421 g/mol.